The molecule has 1 aliphatic rings. The van der Waals surface area contributed by atoms with Gasteiger partial charge in [0.2, 0.25) is 0 Å². The van der Waals surface area contributed by atoms with Crippen molar-refractivity contribution >= 4 is 0 Å². The van der Waals surface area contributed by atoms with E-state index in [1.54, 1.807) is 4.68 Å². The van der Waals surface area contributed by atoms with E-state index in [2.05, 4.69) is 18.9 Å². The Labute approximate surface area is 122 Å². The van der Waals surface area contributed by atoms with Gasteiger partial charge in [-0.25, -0.2) is 0 Å². The molecule has 114 valence electrons. The third-order valence-corrected chi connectivity index (χ3v) is 4.68. The van der Waals surface area contributed by atoms with Gasteiger partial charge in [-0.3, -0.25) is 4.68 Å². The Morgan fingerprint density at radius 1 is 1.35 bits per heavy atom. The minimum Gasteiger partial charge on any atom is -0.390 e. The zero-order valence-electron chi connectivity index (χ0n) is 13.2. The van der Waals surface area contributed by atoms with E-state index in [0.29, 0.717) is 18.4 Å². The first-order valence-electron chi connectivity index (χ1n) is 7.66. The fourth-order valence-electron chi connectivity index (χ4n) is 3.20. The minimum absolute atomic E-state index is 0.370. The predicted octanol–water partition coefficient (Wildman–Crippen LogP) is 2.70. The summed E-state index contributed by atoms with van der Waals surface area (Å²) in [6.07, 6.45) is 8.06. The van der Waals surface area contributed by atoms with Gasteiger partial charge in [0, 0.05) is 26.3 Å². The van der Waals surface area contributed by atoms with Crippen molar-refractivity contribution in [3.63, 3.8) is 0 Å². The molecular weight excluding hydrogens is 252 g/mol. The number of aryl methyl sites for hydroxylation is 1. The van der Waals surface area contributed by atoms with Crippen molar-refractivity contribution in [2.75, 3.05) is 6.61 Å². The maximum absolute atomic E-state index is 10.7. The third-order valence-electron chi connectivity index (χ3n) is 4.68. The second-order valence-corrected chi connectivity index (χ2v) is 6.90. The molecule has 0 radical (unpaired) electrons. The second kappa shape index (κ2) is 5.86. The molecule has 20 heavy (non-hydrogen) atoms. The largest absolute Gasteiger partial charge is 0.390 e. The van der Waals surface area contributed by atoms with Crippen LogP contribution < -0.4 is 0 Å². The number of rotatable bonds is 5. The molecule has 1 saturated carbocycles. The summed E-state index contributed by atoms with van der Waals surface area (Å²) in [6.45, 7) is 7.27. The molecule has 1 aliphatic carbocycles. The molecule has 1 aromatic rings. The van der Waals surface area contributed by atoms with Crippen LogP contribution in [0.25, 0.3) is 0 Å². The fourth-order valence-corrected chi connectivity index (χ4v) is 3.20. The Morgan fingerprint density at radius 2 is 2.00 bits per heavy atom. The van der Waals surface area contributed by atoms with Crippen molar-refractivity contribution in [1.29, 1.82) is 0 Å². The molecule has 1 N–H and O–H groups in total. The highest BCUT2D eigenvalue weighted by molar-refractivity contribution is 5.08. The predicted molar refractivity (Wildman–Crippen MR) is 79.5 cm³/mol. The number of ether oxygens (including phenoxy) is 1. The molecule has 1 heterocycles. The molecule has 1 unspecified atom stereocenters. The van der Waals surface area contributed by atoms with Gasteiger partial charge in [-0.05, 0) is 43.6 Å². The normalized spacial score (nSPS) is 22.6. The Morgan fingerprint density at radius 3 is 2.50 bits per heavy atom. The number of aromatic nitrogens is 2. The molecule has 1 aromatic heterocycles. The summed E-state index contributed by atoms with van der Waals surface area (Å²) >= 11 is 0. The molecule has 1 atom stereocenters. The zero-order chi connectivity index (χ0) is 14.8. The minimum atomic E-state index is -0.456. The monoisotopic (exact) mass is 280 g/mol. The van der Waals surface area contributed by atoms with E-state index in [-0.39, 0.29) is 5.60 Å². The summed E-state index contributed by atoms with van der Waals surface area (Å²) < 4.78 is 7.80. The van der Waals surface area contributed by atoms with Gasteiger partial charge in [-0.15, -0.1) is 0 Å². The summed E-state index contributed by atoms with van der Waals surface area (Å²) in [5.41, 5.74) is 1.07. The van der Waals surface area contributed by atoms with Crippen LogP contribution in [0.4, 0.5) is 0 Å². The van der Waals surface area contributed by atoms with Gasteiger partial charge in [0.15, 0.2) is 0 Å². The van der Waals surface area contributed by atoms with Crippen LogP contribution in [0, 0.1) is 5.41 Å². The average Bonchev–Trinajstić information content (AvgIpc) is 2.78. The molecule has 0 amide bonds. The zero-order valence-corrected chi connectivity index (χ0v) is 13.2. The van der Waals surface area contributed by atoms with Crippen LogP contribution in [-0.4, -0.2) is 33.2 Å². The van der Waals surface area contributed by atoms with Crippen LogP contribution >= 0.6 is 0 Å². The third kappa shape index (κ3) is 3.41. The highest BCUT2D eigenvalue weighted by Gasteiger charge is 2.44. The van der Waals surface area contributed by atoms with Crippen LogP contribution in [0.3, 0.4) is 0 Å². The molecule has 0 saturated heterocycles. The number of aliphatic hydroxyl groups is 1. The van der Waals surface area contributed by atoms with E-state index in [1.807, 2.05) is 26.4 Å². The molecule has 4 heteroatoms. The van der Waals surface area contributed by atoms with Crippen molar-refractivity contribution in [2.24, 2.45) is 12.5 Å². The van der Waals surface area contributed by atoms with Crippen molar-refractivity contribution in [2.45, 2.75) is 64.6 Å². The lowest BCUT2D eigenvalue weighted by atomic mass is 9.68. The van der Waals surface area contributed by atoms with Crippen molar-refractivity contribution in [3.05, 3.63) is 18.0 Å². The van der Waals surface area contributed by atoms with E-state index in [4.69, 9.17) is 4.74 Å². The number of hydrogen-bond donors (Lipinski definition) is 1. The maximum atomic E-state index is 10.7. The summed E-state index contributed by atoms with van der Waals surface area (Å²) in [7, 11) is 1.90. The Bertz CT molecular complexity index is 429. The summed E-state index contributed by atoms with van der Waals surface area (Å²) in [5.74, 6) is 0. The first-order chi connectivity index (χ1) is 9.37. The first-order valence-corrected chi connectivity index (χ1v) is 7.66. The van der Waals surface area contributed by atoms with Crippen LogP contribution in [-0.2, 0) is 18.2 Å². The fraction of sp³-hybridized carbons (Fsp3) is 0.812. The lowest BCUT2D eigenvalue weighted by Gasteiger charge is -2.45. The molecule has 0 bridgehead atoms. The van der Waals surface area contributed by atoms with E-state index in [1.165, 1.54) is 0 Å². The van der Waals surface area contributed by atoms with Gasteiger partial charge < -0.3 is 9.84 Å². The highest BCUT2D eigenvalue weighted by atomic mass is 16.5. The van der Waals surface area contributed by atoms with Crippen LogP contribution in [0.5, 0.6) is 0 Å². The summed E-state index contributed by atoms with van der Waals surface area (Å²) in [4.78, 5) is 0. The van der Waals surface area contributed by atoms with Gasteiger partial charge >= 0.3 is 0 Å². The Balaban J connectivity index is 2.07. The SMILES string of the molecule is CCOC1(C(O)Cc2cnn(C)c2)CCC(C)(C)CC1. The van der Waals surface area contributed by atoms with Gasteiger partial charge in [0.25, 0.3) is 0 Å². The molecule has 0 aliphatic heterocycles. The first kappa shape index (κ1) is 15.5. The number of nitrogens with zero attached hydrogens (tertiary/aromatic N) is 2. The van der Waals surface area contributed by atoms with Crippen LogP contribution in [0.1, 0.15) is 52.0 Å². The molecular formula is C16H28N2O2. The Kier molecular flexibility index (Phi) is 4.55. The molecule has 2 rings (SSSR count). The maximum Gasteiger partial charge on any atom is 0.0943 e. The van der Waals surface area contributed by atoms with Crippen molar-refractivity contribution in [3.8, 4) is 0 Å². The molecule has 4 nitrogen and oxygen atoms in total. The Hall–Kier alpha value is -0.870. The lowest BCUT2D eigenvalue weighted by Crippen LogP contribution is -2.50. The smallest absolute Gasteiger partial charge is 0.0943 e. The average molecular weight is 280 g/mol. The quantitative estimate of drug-likeness (QED) is 0.902. The lowest BCUT2D eigenvalue weighted by molar-refractivity contribution is -0.150. The van der Waals surface area contributed by atoms with Crippen molar-refractivity contribution in [1.82, 2.24) is 9.78 Å². The molecule has 0 spiro atoms. The van der Waals surface area contributed by atoms with E-state index in [0.717, 1.165) is 31.2 Å². The topological polar surface area (TPSA) is 47.3 Å². The van der Waals surface area contributed by atoms with Crippen LogP contribution in [0.2, 0.25) is 0 Å². The van der Waals surface area contributed by atoms with E-state index >= 15 is 0 Å². The summed E-state index contributed by atoms with van der Waals surface area (Å²) in [6, 6.07) is 0. The van der Waals surface area contributed by atoms with E-state index in [9.17, 15) is 5.11 Å². The summed E-state index contributed by atoms with van der Waals surface area (Å²) in [5, 5.41) is 14.9. The van der Waals surface area contributed by atoms with Gasteiger partial charge in [0.05, 0.1) is 17.9 Å². The standard InChI is InChI=1S/C16H28N2O2/c1-5-20-16(8-6-15(2,3)7-9-16)14(19)10-13-11-17-18(4)12-13/h11-12,14,19H,5-10H2,1-4H3. The molecule has 1 fully saturated rings. The van der Waals surface area contributed by atoms with Crippen LogP contribution in [0.15, 0.2) is 12.4 Å². The highest BCUT2D eigenvalue weighted by Crippen LogP contribution is 2.44. The second-order valence-electron chi connectivity index (χ2n) is 6.90. The number of aliphatic hydroxyl groups excluding tert-OH is 1. The van der Waals surface area contributed by atoms with Gasteiger partial charge in [-0.2, -0.15) is 5.10 Å². The van der Waals surface area contributed by atoms with Gasteiger partial charge in [0.1, 0.15) is 0 Å². The van der Waals surface area contributed by atoms with E-state index < -0.39 is 6.10 Å². The van der Waals surface area contributed by atoms with Crippen molar-refractivity contribution < 1.29 is 9.84 Å². The molecule has 0 aromatic carbocycles. The number of hydrogen-bond acceptors (Lipinski definition) is 3. The van der Waals surface area contributed by atoms with Gasteiger partial charge in [-0.1, -0.05) is 13.8 Å².